The van der Waals surface area contributed by atoms with E-state index in [-0.39, 0.29) is 11.7 Å². The number of aryl methyl sites for hydroxylation is 1. The van der Waals surface area contributed by atoms with Gasteiger partial charge in [-0.3, -0.25) is 9.69 Å². The van der Waals surface area contributed by atoms with Crippen molar-refractivity contribution in [3.8, 4) is 5.69 Å². The molecule has 0 aliphatic carbocycles. The molecule has 1 aromatic heterocycles. The fourth-order valence-electron chi connectivity index (χ4n) is 3.85. The van der Waals surface area contributed by atoms with Gasteiger partial charge >= 0.3 is 0 Å². The molecule has 2 aromatic carbocycles. The van der Waals surface area contributed by atoms with E-state index in [1.165, 1.54) is 12.1 Å². The van der Waals surface area contributed by atoms with Gasteiger partial charge in [-0.25, -0.2) is 9.07 Å². The van der Waals surface area contributed by atoms with Crippen molar-refractivity contribution in [1.29, 1.82) is 0 Å². The van der Waals surface area contributed by atoms with Crippen LogP contribution in [-0.4, -0.2) is 51.7 Å². The Balaban J connectivity index is 1.26. The molecule has 2 heterocycles. The smallest absolute Gasteiger partial charge is 0.222 e. The Morgan fingerprint density at radius 3 is 2.53 bits per heavy atom. The van der Waals surface area contributed by atoms with Crippen LogP contribution >= 0.6 is 0 Å². The van der Waals surface area contributed by atoms with Gasteiger partial charge in [-0.05, 0) is 48.2 Å². The highest BCUT2D eigenvalue weighted by atomic mass is 19.1. The monoisotopic (exact) mass is 406 g/mol. The zero-order valence-electron chi connectivity index (χ0n) is 17.1. The molecule has 0 N–H and O–H groups in total. The maximum atomic E-state index is 13.1. The van der Waals surface area contributed by atoms with E-state index in [0.29, 0.717) is 12.8 Å². The van der Waals surface area contributed by atoms with Crippen molar-refractivity contribution < 1.29 is 9.18 Å². The average molecular weight is 407 g/mol. The van der Waals surface area contributed by atoms with E-state index in [1.54, 1.807) is 0 Å². The summed E-state index contributed by atoms with van der Waals surface area (Å²) in [6.45, 7) is 4.12. The van der Waals surface area contributed by atoms with Crippen LogP contribution in [0.5, 0.6) is 0 Å². The number of rotatable bonds is 6. The van der Waals surface area contributed by atoms with E-state index in [2.05, 4.69) is 10.00 Å². The lowest BCUT2D eigenvalue weighted by Crippen LogP contribution is -2.35. The molecule has 1 aliphatic heterocycles. The minimum atomic E-state index is -0.208. The first kappa shape index (κ1) is 20.3. The molecular weight excluding hydrogens is 379 g/mol. The number of halogens is 1. The van der Waals surface area contributed by atoms with Crippen molar-refractivity contribution in [2.75, 3.05) is 26.2 Å². The number of hydrogen-bond acceptors (Lipinski definition) is 3. The average Bonchev–Trinajstić information content (AvgIpc) is 3.13. The molecule has 1 saturated heterocycles. The van der Waals surface area contributed by atoms with Crippen molar-refractivity contribution in [2.24, 2.45) is 0 Å². The summed E-state index contributed by atoms with van der Waals surface area (Å²) >= 11 is 0. The first-order valence-corrected chi connectivity index (χ1v) is 10.5. The molecule has 30 heavy (non-hydrogen) atoms. The van der Waals surface area contributed by atoms with Gasteiger partial charge in [0, 0.05) is 45.3 Å². The van der Waals surface area contributed by atoms with Gasteiger partial charge < -0.3 is 4.90 Å². The molecule has 0 spiro atoms. The molecule has 1 amide bonds. The summed E-state index contributed by atoms with van der Waals surface area (Å²) in [5.41, 5.74) is 3.19. The molecule has 3 aromatic rings. The molecule has 0 bridgehead atoms. The zero-order valence-corrected chi connectivity index (χ0v) is 17.1. The maximum absolute atomic E-state index is 13.1. The molecule has 4 rings (SSSR count). The third-order valence-electron chi connectivity index (χ3n) is 5.55. The van der Waals surface area contributed by atoms with Crippen LogP contribution in [0.25, 0.3) is 5.69 Å². The SMILES string of the molecule is O=C(CCc1cnn(-c2ccccc2)c1)N1CCCN(Cc2ccc(F)cc2)CC1. The van der Waals surface area contributed by atoms with Crippen LogP contribution in [0.15, 0.2) is 67.0 Å². The van der Waals surface area contributed by atoms with Gasteiger partial charge in [-0.15, -0.1) is 0 Å². The molecule has 0 radical (unpaired) electrons. The van der Waals surface area contributed by atoms with Crippen LogP contribution in [-0.2, 0) is 17.8 Å². The maximum Gasteiger partial charge on any atom is 0.222 e. The van der Waals surface area contributed by atoms with Crippen molar-refractivity contribution in [2.45, 2.75) is 25.8 Å². The molecule has 5 nitrogen and oxygen atoms in total. The fraction of sp³-hybridized carbons (Fsp3) is 0.333. The first-order chi connectivity index (χ1) is 14.7. The number of carbonyl (C=O) groups excluding carboxylic acids is 1. The largest absolute Gasteiger partial charge is 0.341 e. The van der Waals surface area contributed by atoms with Gasteiger partial charge in [0.15, 0.2) is 0 Å². The van der Waals surface area contributed by atoms with E-state index in [1.807, 2.05) is 64.4 Å². The van der Waals surface area contributed by atoms with E-state index < -0.39 is 0 Å². The molecular formula is C24H27FN4O. The lowest BCUT2D eigenvalue weighted by atomic mass is 10.2. The van der Waals surface area contributed by atoms with Crippen LogP contribution in [0, 0.1) is 5.82 Å². The Kier molecular flexibility index (Phi) is 6.54. The molecule has 0 unspecified atom stereocenters. The second-order valence-corrected chi connectivity index (χ2v) is 7.77. The van der Waals surface area contributed by atoms with Crippen molar-refractivity contribution >= 4 is 5.91 Å². The van der Waals surface area contributed by atoms with Gasteiger partial charge in [0.25, 0.3) is 0 Å². The number of nitrogens with zero attached hydrogens (tertiary/aromatic N) is 4. The summed E-state index contributed by atoms with van der Waals surface area (Å²) in [6.07, 6.45) is 5.99. The number of para-hydroxylation sites is 1. The summed E-state index contributed by atoms with van der Waals surface area (Å²) in [5.74, 6) is -0.00760. The third-order valence-corrected chi connectivity index (χ3v) is 5.55. The summed E-state index contributed by atoms with van der Waals surface area (Å²) in [6, 6.07) is 16.6. The van der Waals surface area contributed by atoms with Gasteiger partial charge in [0.05, 0.1) is 11.9 Å². The van der Waals surface area contributed by atoms with Crippen LogP contribution < -0.4 is 0 Å². The van der Waals surface area contributed by atoms with Crippen LogP contribution in [0.4, 0.5) is 4.39 Å². The fourth-order valence-corrected chi connectivity index (χ4v) is 3.85. The molecule has 1 aliphatic rings. The summed E-state index contributed by atoms with van der Waals surface area (Å²) in [7, 11) is 0. The highest BCUT2D eigenvalue weighted by Crippen LogP contribution is 2.13. The Bertz CT molecular complexity index is 955. The summed E-state index contributed by atoms with van der Waals surface area (Å²) < 4.78 is 14.9. The molecule has 1 fully saturated rings. The second kappa shape index (κ2) is 9.67. The lowest BCUT2D eigenvalue weighted by Gasteiger charge is -2.22. The highest BCUT2D eigenvalue weighted by Gasteiger charge is 2.19. The number of amides is 1. The molecule has 0 saturated carbocycles. The van der Waals surface area contributed by atoms with E-state index >= 15 is 0 Å². The van der Waals surface area contributed by atoms with Gasteiger partial charge in [0.2, 0.25) is 5.91 Å². The predicted octanol–water partition coefficient (Wildman–Crippen LogP) is 3.68. The van der Waals surface area contributed by atoms with E-state index in [0.717, 1.165) is 56.0 Å². The lowest BCUT2D eigenvalue weighted by molar-refractivity contribution is -0.131. The second-order valence-electron chi connectivity index (χ2n) is 7.77. The summed E-state index contributed by atoms with van der Waals surface area (Å²) in [5, 5.41) is 4.41. The normalized spacial score (nSPS) is 15.2. The van der Waals surface area contributed by atoms with Crippen LogP contribution in [0.2, 0.25) is 0 Å². The van der Waals surface area contributed by atoms with Crippen LogP contribution in [0.1, 0.15) is 24.0 Å². The van der Waals surface area contributed by atoms with Crippen molar-refractivity contribution in [1.82, 2.24) is 19.6 Å². The van der Waals surface area contributed by atoms with E-state index in [9.17, 15) is 9.18 Å². The quantitative estimate of drug-likeness (QED) is 0.627. The number of hydrogen-bond donors (Lipinski definition) is 0. The number of aromatic nitrogens is 2. The number of benzene rings is 2. The van der Waals surface area contributed by atoms with Crippen LogP contribution in [0.3, 0.4) is 0 Å². The Morgan fingerprint density at radius 1 is 0.933 bits per heavy atom. The van der Waals surface area contributed by atoms with Crippen molar-refractivity contribution in [3.05, 3.63) is 83.9 Å². The molecule has 156 valence electrons. The highest BCUT2D eigenvalue weighted by molar-refractivity contribution is 5.76. The first-order valence-electron chi connectivity index (χ1n) is 10.5. The third kappa shape index (κ3) is 5.33. The Hall–Kier alpha value is -2.99. The molecule has 0 atom stereocenters. The van der Waals surface area contributed by atoms with E-state index in [4.69, 9.17) is 0 Å². The van der Waals surface area contributed by atoms with Gasteiger partial charge in [-0.1, -0.05) is 30.3 Å². The zero-order chi connectivity index (χ0) is 20.8. The minimum Gasteiger partial charge on any atom is -0.341 e. The predicted molar refractivity (Wildman–Crippen MR) is 115 cm³/mol. The summed E-state index contributed by atoms with van der Waals surface area (Å²) in [4.78, 5) is 17.1. The standard InChI is InChI=1S/C24H27FN4O/c25-22-10-7-20(8-11-22)18-27-13-4-14-28(16-15-27)24(30)12-9-21-17-26-29(19-21)23-5-2-1-3-6-23/h1-3,5-8,10-11,17,19H,4,9,12-16,18H2. The number of carbonyl (C=O) groups is 1. The van der Waals surface area contributed by atoms with Gasteiger partial charge in [-0.2, -0.15) is 5.10 Å². The topological polar surface area (TPSA) is 41.4 Å². The van der Waals surface area contributed by atoms with Gasteiger partial charge in [0.1, 0.15) is 5.82 Å². The molecule has 6 heteroatoms. The Morgan fingerprint density at radius 2 is 1.73 bits per heavy atom. The Labute approximate surface area is 176 Å². The minimum absolute atomic E-state index is 0.200. The van der Waals surface area contributed by atoms with Crippen molar-refractivity contribution in [3.63, 3.8) is 0 Å².